The fourth-order valence-electron chi connectivity index (χ4n) is 3.05. The summed E-state index contributed by atoms with van der Waals surface area (Å²) in [5.41, 5.74) is 4.39. The molecule has 0 radical (unpaired) electrons. The van der Waals surface area contributed by atoms with E-state index in [0.29, 0.717) is 30.6 Å². The van der Waals surface area contributed by atoms with Crippen molar-refractivity contribution in [3.05, 3.63) is 46.8 Å². The number of aliphatic hydroxyl groups is 1. The van der Waals surface area contributed by atoms with E-state index in [1.54, 1.807) is 11.0 Å². The summed E-state index contributed by atoms with van der Waals surface area (Å²) in [5, 5.41) is 8.96. The maximum absolute atomic E-state index is 14.3. The lowest BCUT2D eigenvalue weighted by molar-refractivity contribution is -0.133. The van der Waals surface area contributed by atoms with Crippen LogP contribution >= 0.6 is 0 Å². The number of fused-ring (bicyclic) bond motifs is 2. The van der Waals surface area contributed by atoms with Crippen molar-refractivity contribution < 1.29 is 14.3 Å². The minimum atomic E-state index is -0.473. The van der Waals surface area contributed by atoms with Gasteiger partial charge in [-0.15, -0.1) is 0 Å². The first-order valence-corrected chi connectivity index (χ1v) is 6.69. The van der Waals surface area contributed by atoms with E-state index in [2.05, 4.69) is 6.58 Å². The molecule has 104 valence electrons. The Balaban J connectivity index is 1.97. The van der Waals surface area contributed by atoms with Crippen LogP contribution in [-0.4, -0.2) is 35.6 Å². The van der Waals surface area contributed by atoms with Gasteiger partial charge in [-0.05, 0) is 24.0 Å². The number of nitrogens with zero attached hydrogens (tertiary/aromatic N) is 1. The molecule has 1 aliphatic heterocycles. The summed E-state index contributed by atoms with van der Waals surface area (Å²) < 4.78 is 14.3. The zero-order chi connectivity index (χ0) is 14.3. The molecule has 4 heteroatoms. The molecule has 1 N–H and O–H groups in total. The number of benzene rings is 1. The molecular weight excluding hydrogens is 257 g/mol. The Labute approximate surface area is 117 Å². The molecule has 2 aliphatic rings. The van der Waals surface area contributed by atoms with Crippen molar-refractivity contribution in [2.75, 3.05) is 19.7 Å². The SMILES string of the molecule is C=Cc1ccc2c(c1F)CC1=C2CN(C(=O)CO)CC1. The largest absolute Gasteiger partial charge is 0.387 e. The first-order chi connectivity index (χ1) is 9.65. The summed E-state index contributed by atoms with van der Waals surface area (Å²) in [5.74, 6) is -0.472. The molecule has 1 heterocycles. The number of rotatable bonds is 2. The molecule has 1 aromatic rings. The monoisotopic (exact) mass is 273 g/mol. The number of halogens is 1. The Morgan fingerprint density at radius 1 is 1.50 bits per heavy atom. The Kier molecular flexibility index (Phi) is 3.18. The maximum atomic E-state index is 14.3. The van der Waals surface area contributed by atoms with E-state index in [1.165, 1.54) is 11.6 Å². The maximum Gasteiger partial charge on any atom is 0.248 e. The zero-order valence-corrected chi connectivity index (χ0v) is 11.2. The van der Waals surface area contributed by atoms with Crippen LogP contribution in [0.25, 0.3) is 11.6 Å². The highest BCUT2D eigenvalue weighted by Crippen LogP contribution is 2.39. The molecule has 1 aromatic carbocycles. The first-order valence-electron chi connectivity index (χ1n) is 6.69. The fraction of sp³-hybridized carbons (Fsp3) is 0.312. The van der Waals surface area contributed by atoms with Crippen LogP contribution in [-0.2, 0) is 11.2 Å². The second-order valence-electron chi connectivity index (χ2n) is 5.18. The molecule has 1 aliphatic carbocycles. The third-order valence-electron chi connectivity index (χ3n) is 4.16. The van der Waals surface area contributed by atoms with E-state index in [1.807, 2.05) is 6.07 Å². The van der Waals surface area contributed by atoms with Crippen LogP contribution in [0.2, 0.25) is 0 Å². The van der Waals surface area contributed by atoms with Gasteiger partial charge in [0.25, 0.3) is 0 Å². The summed E-state index contributed by atoms with van der Waals surface area (Å²) in [6.07, 6.45) is 2.90. The molecule has 0 unspecified atom stereocenters. The van der Waals surface area contributed by atoms with Crippen molar-refractivity contribution >= 4 is 17.6 Å². The number of carbonyl (C=O) groups excluding carboxylic acids is 1. The summed E-state index contributed by atoms with van der Waals surface area (Å²) in [6, 6.07) is 3.63. The van der Waals surface area contributed by atoms with E-state index in [4.69, 9.17) is 5.11 Å². The van der Waals surface area contributed by atoms with Crippen molar-refractivity contribution in [3.8, 4) is 0 Å². The molecule has 3 rings (SSSR count). The van der Waals surface area contributed by atoms with Crippen LogP contribution < -0.4 is 0 Å². The topological polar surface area (TPSA) is 40.5 Å². The van der Waals surface area contributed by atoms with E-state index in [-0.39, 0.29) is 11.7 Å². The van der Waals surface area contributed by atoms with E-state index < -0.39 is 6.61 Å². The predicted molar refractivity (Wildman–Crippen MR) is 75.4 cm³/mol. The summed E-state index contributed by atoms with van der Waals surface area (Å²) in [6.45, 7) is 4.21. The molecule has 0 bridgehead atoms. The number of carbonyl (C=O) groups is 1. The lowest BCUT2D eigenvalue weighted by atomic mass is 9.99. The second-order valence-corrected chi connectivity index (χ2v) is 5.18. The standard InChI is InChI=1S/C16H16FNO2/c1-2-10-3-4-12-13(16(10)17)7-11-5-6-18(8-14(11)12)15(20)9-19/h2-4,19H,1,5-9H2. The van der Waals surface area contributed by atoms with Gasteiger partial charge < -0.3 is 10.0 Å². The molecule has 0 saturated carbocycles. The highest BCUT2D eigenvalue weighted by molar-refractivity contribution is 5.85. The van der Waals surface area contributed by atoms with E-state index in [9.17, 15) is 9.18 Å². The minimum Gasteiger partial charge on any atom is -0.387 e. The molecule has 0 atom stereocenters. The summed E-state index contributed by atoms with van der Waals surface area (Å²) in [7, 11) is 0. The molecule has 0 fully saturated rings. The van der Waals surface area contributed by atoms with Crippen LogP contribution in [0.3, 0.4) is 0 Å². The molecule has 0 aromatic heterocycles. The van der Waals surface area contributed by atoms with Crippen LogP contribution in [0, 0.1) is 5.82 Å². The molecule has 0 spiro atoms. The average molecular weight is 273 g/mol. The van der Waals surface area contributed by atoms with Gasteiger partial charge in [-0.3, -0.25) is 4.79 Å². The number of hydrogen-bond donors (Lipinski definition) is 1. The van der Waals surface area contributed by atoms with E-state index in [0.717, 1.165) is 17.6 Å². The molecular formula is C16H16FNO2. The van der Waals surface area contributed by atoms with Gasteiger partial charge in [-0.1, -0.05) is 30.4 Å². The van der Waals surface area contributed by atoms with Crippen molar-refractivity contribution in [2.24, 2.45) is 0 Å². The fourth-order valence-corrected chi connectivity index (χ4v) is 3.05. The molecule has 0 saturated heterocycles. The third kappa shape index (κ3) is 1.88. The van der Waals surface area contributed by atoms with Crippen molar-refractivity contribution in [3.63, 3.8) is 0 Å². The van der Waals surface area contributed by atoms with Crippen LogP contribution in [0.4, 0.5) is 4.39 Å². The normalized spacial score (nSPS) is 17.0. The lowest BCUT2D eigenvalue weighted by Gasteiger charge is -2.28. The van der Waals surface area contributed by atoms with Gasteiger partial charge in [-0.25, -0.2) is 4.39 Å². The smallest absolute Gasteiger partial charge is 0.248 e. The Bertz CT molecular complexity index is 634. The van der Waals surface area contributed by atoms with Gasteiger partial charge in [0.05, 0.1) is 0 Å². The lowest BCUT2D eigenvalue weighted by Crippen LogP contribution is -2.37. The van der Waals surface area contributed by atoms with Gasteiger partial charge in [0.2, 0.25) is 5.91 Å². The van der Waals surface area contributed by atoms with E-state index >= 15 is 0 Å². The van der Waals surface area contributed by atoms with Crippen molar-refractivity contribution in [1.29, 1.82) is 0 Å². The Morgan fingerprint density at radius 3 is 3.00 bits per heavy atom. The second kappa shape index (κ2) is 4.87. The Morgan fingerprint density at radius 2 is 2.30 bits per heavy atom. The minimum absolute atomic E-state index is 0.202. The van der Waals surface area contributed by atoms with Crippen LogP contribution in [0.1, 0.15) is 23.1 Å². The van der Waals surface area contributed by atoms with Crippen LogP contribution in [0.5, 0.6) is 0 Å². The quantitative estimate of drug-likeness (QED) is 0.895. The first kappa shape index (κ1) is 13.1. The predicted octanol–water partition coefficient (Wildman–Crippen LogP) is 2.00. The molecule has 20 heavy (non-hydrogen) atoms. The number of amides is 1. The van der Waals surface area contributed by atoms with Gasteiger partial charge in [-0.2, -0.15) is 0 Å². The number of aliphatic hydroxyl groups excluding tert-OH is 1. The zero-order valence-electron chi connectivity index (χ0n) is 11.2. The van der Waals surface area contributed by atoms with Crippen molar-refractivity contribution in [1.82, 2.24) is 4.90 Å². The Hall–Kier alpha value is -1.94. The average Bonchev–Trinajstić information content (AvgIpc) is 2.85. The molecule has 3 nitrogen and oxygen atoms in total. The molecule has 1 amide bonds. The third-order valence-corrected chi connectivity index (χ3v) is 4.16. The van der Waals surface area contributed by atoms with Crippen LogP contribution in [0.15, 0.2) is 24.3 Å². The van der Waals surface area contributed by atoms with Gasteiger partial charge >= 0.3 is 0 Å². The summed E-state index contributed by atoms with van der Waals surface area (Å²) >= 11 is 0. The van der Waals surface area contributed by atoms with Gasteiger partial charge in [0.15, 0.2) is 0 Å². The van der Waals surface area contributed by atoms with Gasteiger partial charge in [0, 0.05) is 24.2 Å². The van der Waals surface area contributed by atoms with Gasteiger partial charge in [0.1, 0.15) is 12.4 Å². The summed E-state index contributed by atoms with van der Waals surface area (Å²) in [4.78, 5) is 13.2. The highest BCUT2D eigenvalue weighted by atomic mass is 19.1. The van der Waals surface area contributed by atoms with Crippen molar-refractivity contribution in [2.45, 2.75) is 12.8 Å². The number of hydrogen-bond acceptors (Lipinski definition) is 2. The highest BCUT2D eigenvalue weighted by Gasteiger charge is 2.30.